The summed E-state index contributed by atoms with van der Waals surface area (Å²) < 4.78 is 0. The van der Waals surface area contributed by atoms with E-state index in [-0.39, 0.29) is 11.9 Å². The number of amides is 1. The molecule has 98 valence electrons. The smallest absolute Gasteiger partial charge is 0.268 e. The molecular formula is C15H17N3O. The number of carbonyl (C=O) groups excluding carboxylic acids is 1. The Morgan fingerprint density at radius 1 is 1.26 bits per heavy atom. The summed E-state index contributed by atoms with van der Waals surface area (Å²) in [5, 5.41) is 7.77. The van der Waals surface area contributed by atoms with Gasteiger partial charge in [0, 0.05) is 29.0 Å². The van der Waals surface area contributed by atoms with Gasteiger partial charge in [0.1, 0.15) is 5.69 Å². The summed E-state index contributed by atoms with van der Waals surface area (Å²) in [5.74, 6) is 0.00977. The highest BCUT2D eigenvalue weighted by atomic mass is 16.2. The highest BCUT2D eigenvalue weighted by Crippen LogP contribution is 2.28. The third kappa shape index (κ3) is 1.83. The van der Waals surface area contributed by atoms with Crippen LogP contribution in [-0.2, 0) is 0 Å². The van der Waals surface area contributed by atoms with Crippen molar-refractivity contribution in [2.24, 2.45) is 0 Å². The minimum absolute atomic E-state index is 0.00977. The molecule has 1 aromatic carbocycles. The van der Waals surface area contributed by atoms with E-state index < -0.39 is 0 Å². The fourth-order valence-corrected chi connectivity index (χ4v) is 3.43. The van der Waals surface area contributed by atoms with Gasteiger partial charge in [0.2, 0.25) is 0 Å². The van der Waals surface area contributed by atoms with Crippen molar-refractivity contribution in [3.8, 4) is 0 Å². The molecule has 2 aromatic rings. The molecule has 2 bridgehead atoms. The molecule has 3 N–H and O–H groups in total. The molecule has 2 aliphatic rings. The third-order valence-corrected chi connectivity index (χ3v) is 4.39. The van der Waals surface area contributed by atoms with Crippen LogP contribution < -0.4 is 10.6 Å². The maximum atomic E-state index is 12.3. The average Bonchev–Trinajstić information content (AvgIpc) is 3.12. The van der Waals surface area contributed by atoms with Crippen molar-refractivity contribution in [2.75, 3.05) is 0 Å². The second-order valence-corrected chi connectivity index (χ2v) is 5.63. The van der Waals surface area contributed by atoms with Crippen molar-refractivity contribution in [3.63, 3.8) is 0 Å². The third-order valence-electron chi connectivity index (χ3n) is 4.39. The maximum absolute atomic E-state index is 12.3. The number of aromatic amines is 1. The lowest BCUT2D eigenvalue weighted by Crippen LogP contribution is -2.43. The molecule has 3 heterocycles. The SMILES string of the molecule is O=C(N[C@@H]1CC2CCC1N2)c1cc2ccccc2[nH]1. The van der Waals surface area contributed by atoms with Crippen LogP contribution in [0.15, 0.2) is 30.3 Å². The number of carbonyl (C=O) groups is 1. The molecular weight excluding hydrogens is 238 g/mol. The van der Waals surface area contributed by atoms with Gasteiger partial charge in [-0.05, 0) is 31.4 Å². The average molecular weight is 255 g/mol. The van der Waals surface area contributed by atoms with E-state index >= 15 is 0 Å². The largest absolute Gasteiger partial charge is 0.351 e. The standard InChI is InChI=1S/C15H17N3O/c19-15(18-13-8-10-5-6-12(13)16-10)14-7-9-3-1-2-4-11(9)17-14/h1-4,7,10,12-13,16-17H,5-6,8H2,(H,18,19)/t10?,12?,13-/m1/s1. The van der Waals surface area contributed by atoms with Crippen LogP contribution >= 0.6 is 0 Å². The van der Waals surface area contributed by atoms with E-state index in [2.05, 4.69) is 15.6 Å². The van der Waals surface area contributed by atoms with Crippen LogP contribution in [0.25, 0.3) is 10.9 Å². The Kier molecular flexibility index (Phi) is 2.38. The summed E-state index contributed by atoms with van der Waals surface area (Å²) in [6.45, 7) is 0. The Morgan fingerprint density at radius 2 is 2.16 bits per heavy atom. The Labute approximate surface area is 111 Å². The van der Waals surface area contributed by atoms with Crippen molar-refractivity contribution < 1.29 is 4.79 Å². The van der Waals surface area contributed by atoms with Crippen molar-refractivity contribution in [1.82, 2.24) is 15.6 Å². The summed E-state index contributed by atoms with van der Waals surface area (Å²) in [7, 11) is 0. The summed E-state index contributed by atoms with van der Waals surface area (Å²) in [5.41, 5.74) is 1.67. The lowest BCUT2D eigenvalue weighted by molar-refractivity contribution is 0.0927. The fourth-order valence-electron chi connectivity index (χ4n) is 3.43. The van der Waals surface area contributed by atoms with E-state index in [9.17, 15) is 4.79 Å². The molecule has 19 heavy (non-hydrogen) atoms. The van der Waals surface area contributed by atoms with Crippen molar-refractivity contribution in [1.29, 1.82) is 0 Å². The monoisotopic (exact) mass is 255 g/mol. The summed E-state index contributed by atoms with van der Waals surface area (Å²) in [4.78, 5) is 15.5. The molecule has 4 heteroatoms. The maximum Gasteiger partial charge on any atom is 0.268 e. The fraction of sp³-hybridized carbons (Fsp3) is 0.400. The molecule has 3 atom stereocenters. The van der Waals surface area contributed by atoms with Gasteiger partial charge in [0.25, 0.3) is 5.91 Å². The van der Waals surface area contributed by atoms with Crippen LogP contribution in [0.4, 0.5) is 0 Å². The lowest BCUT2D eigenvalue weighted by atomic mass is 9.95. The van der Waals surface area contributed by atoms with Gasteiger partial charge in [-0.15, -0.1) is 0 Å². The number of nitrogens with one attached hydrogen (secondary N) is 3. The number of aromatic nitrogens is 1. The van der Waals surface area contributed by atoms with Crippen LogP contribution in [-0.4, -0.2) is 29.0 Å². The Hall–Kier alpha value is -1.81. The molecule has 2 aliphatic heterocycles. The molecule has 0 saturated carbocycles. The van der Waals surface area contributed by atoms with Crippen LogP contribution in [0.3, 0.4) is 0 Å². The van der Waals surface area contributed by atoms with Gasteiger partial charge in [0.05, 0.1) is 0 Å². The second-order valence-electron chi connectivity index (χ2n) is 5.63. The lowest BCUT2D eigenvalue weighted by Gasteiger charge is -2.21. The first-order valence-corrected chi connectivity index (χ1v) is 6.94. The molecule has 0 radical (unpaired) electrons. The molecule has 2 saturated heterocycles. The van der Waals surface area contributed by atoms with E-state index in [1.54, 1.807) is 0 Å². The summed E-state index contributed by atoms with van der Waals surface area (Å²) in [6.07, 6.45) is 3.50. The van der Waals surface area contributed by atoms with Gasteiger partial charge >= 0.3 is 0 Å². The van der Waals surface area contributed by atoms with Crippen LogP contribution in [0.1, 0.15) is 29.8 Å². The molecule has 1 aromatic heterocycles. The van der Waals surface area contributed by atoms with Gasteiger partial charge in [-0.1, -0.05) is 18.2 Å². The van der Waals surface area contributed by atoms with Crippen molar-refractivity contribution in [2.45, 2.75) is 37.4 Å². The van der Waals surface area contributed by atoms with E-state index in [1.165, 1.54) is 12.8 Å². The van der Waals surface area contributed by atoms with Gasteiger partial charge in [-0.25, -0.2) is 0 Å². The first kappa shape index (κ1) is 11.1. The summed E-state index contributed by atoms with van der Waals surface area (Å²) >= 11 is 0. The molecule has 1 amide bonds. The summed E-state index contributed by atoms with van der Waals surface area (Å²) in [6, 6.07) is 11.3. The molecule has 0 spiro atoms. The number of para-hydroxylation sites is 1. The molecule has 4 rings (SSSR count). The first-order valence-electron chi connectivity index (χ1n) is 6.94. The number of hydrogen-bond acceptors (Lipinski definition) is 2. The zero-order valence-electron chi connectivity index (χ0n) is 10.6. The number of rotatable bonds is 2. The molecule has 0 aliphatic carbocycles. The van der Waals surface area contributed by atoms with E-state index in [0.717, 1.165) is 17.3 Å². The highest BCUT2D eigenvalue weighted by Gasteiger charge is 2.39. The Bertz CT molecular complexity index is 600. The van der Waals surface area contributed by atoms with E-state index in [4.69, 9.17) is 0 Å². The van der Waals surface area contributed by atoms with Crippen LogP contribution in [0, 0.1) is 0 Å². The van der Waals surface area contributed by atoms with Gasteiger partial charge in [0.15, 0.2) is 0 Å². The first-order chi connectivity index (χ1) is 9.29. The van der Waals surface area contributed by atoms with Crippen molar-refractivity contribution >= 4 is 16.8 Å². The van der Waals surface area contributed by atoms with Crippen molar-refractivity contribution in [3.05, 3.63) is 36.0 Å². The topological polar surface area (TPSA) is 56.9 Å². The zero-order valence-corrected chi connectivity index (χ0v) is 10.6. The highest BCUT2D eigenvalue weighted by molar-refractivity contribution is 5.98. The second kappa shape index (κ2) is 4.10. The van der Waals surface area contributed by atoms with Gasteiger partial charge in [-0.2, -0.15) is 0 Å². The number of H-pyrrole nitrogens is 1. The van der Waals surface area contributed by atoms with Gasteiger partial charge in [-0.3, -0.25) is 4.79 Å². The predicted molar refractivity (Wildman–Crippen MR) is 74.1 cm³/mol. The van der Waals surface area contributed by atoms with Gasteiger partial charge < -0.3 is 15.6 Å². The molecule has 2 unspecified atom stereocenters. The zero-order chi connectivity index (χ0) is 12.8. The molecule has 2 fully saturated rings. The minimum Gasteiger partial charge on any atom is -0.351 e. The predicted octanol–water partition coefficient (Wildman–Crippen LogP) is 1.79. The van der Waals surface area contributed by atoms with E-state index in [0.29, 0.717) is 17.8 Å². The van der Waals surface area contributed by atoms with Crippen LogP contribution in [0.2, 0.25) is 0 Å². The number of benzene rings is 1. The Balaban J connectivity index is 1.53. The van der Waals surface area contributed by atoms with E-state index in [1.807, 2.05) is 30.3 Å². The van der Waals surface area contributed by atoms with Crippen LogP contribution in [0.5, 0.6) is 0 Å². The normalized spacial score (nSPS) is 28.9. The Morgan fingerprint density at radius 3 is 2.89 bits per heavy atom. The quantitative estimate of drug-likeness (QED) is 0.766. The number of fused-ring (bicyclic) bond motifs is 3. The molecule has 4 nitrogen and oxygen atoms in total. The minimum atomic E-state index is 0.00977. The number of hydrogen-bond donors (Lipinski definition) is 3.